The van der Waals surface area contributed by atoms with E-state index < -0.39 is 0 Å². The highest BCUT2D eigenvalue weighted by Crippen LogP contribution is 2.16. The Bertz CT molecular complexity index is 1250. The first-order chi connectivity index (χ1) is 15.3. The Labute approximate surface area is 179 Å². The third-order valence-corrected chi connectivity index (χ3v) is 5.08. The molecule has 8 heteroatoms. The van der Waals surface area contributed by atoms with Gasteiger partial charge in [-0.05, 0) is 55.5 Å². The van der Waals surface area contributed by atoms with Crippen molar-refractivity contribution in [3.05, 3.63) is 60.2 Å². The van der Waals surface area contributed by atoms with Gasteiger partial charge in [-0.15, -0.1) is 0 Å². The van der Waals surface area contributed by atoms with Crippen molar-refractivity contribution in [2.24, 2.45) is 0 Å². The highest BCUT2D eigenvalue weighted by Gasteiger charge is 2.14. The Hall–Kier alpha value is -3.83. The Morgan fingerprint density at radius 2 is 2.03 bits per heavy atom. The second-order valence-electron chi connectivity index (χ2n) is 7.32. The summed E-state index contributed by atoms with van der Waals surface area (Å²) in [6.45, 7) is 1.52. The van der Waals surface area contributed by atoms with Crippen molar-refractivity contribution >= 4 is 16.9 Å². The van der Waals surface area contributed by atoms with Crippen molar-refractivity contribution in [3.8, 4) is 23.4 Å². The van der Waals surface area contributed by atoms with Gasteiger partial charge in [-0.3, -0.25) is 5.10 Å². The van der Waals surface area contributed by atoms with E-state index in [-0.39, 0.29) is 6.10 Å². The average molecular weight is 411 g/mol. The lowest BCUT2D eigenvalue weighted by Crippen LogP contribution is -2.27. The minimum Gasteiger partial charge on any atom is -0.376 e. The Morgan fingerprint density at radius 1 is 1.06 bits per heavy atom. The van der Waals surface area contributed by atoms with E-state index in [0.29, 0.717) is 29.7 Å². The number of H-pyrrole nitrogens is 1. The number of benzene rings is 1. The number of hydrogen-bond acceptors (Lipinski definition) is 7. The van der Waals surface area contributed by atoms with Gasteiger partial charge in [0.1, 0.15) is 11.4 Å². The fraction of sp³-hybridized carbons (Fsp3) is 0.261. The maximum atomic E-state index is 5.75. The van der Waals surface area contributed by atoms with Crippen LogP contribution < -0.4 is 5.32 Å². The van der Waals surface area contributed by atoms with Crippen LogP contribution in [0, 0.1) is 11.8 Å². The van der Waals surface area contributed by atoms with Crippen molar-refractivity contribution in [3.63, 3.8) is 0 Å². The van der Waals surface area contributed by atoms with Crippen LogP contribution in [-0.4, -0.2) is 49.4 Å². The Morgan fingerprint density at radius 3 is 2.97 bits per heavy atom. The van der Waals surface area contributed by atoms with Gasteiger partial charge in [0.05, 0.1) is 17.8 Å². The first-order valence-corrected chi connectivity index (χ1v) is 10.3. The van der Waals surface area contributed by atoms with E-state index >= 15 is 0 Å². The molecular weight excluding hydrogens is 390 g/mol. The summed E-state index contributed by atoms with van der Waals surface area (Å²) in [7, 11) is 0. The SMILES string of the molecule is C(#Cc1ccnc(-c2ccnc(NCC3CCCCO3)n2)n1)c1ccc2[nH]ncc2c1. The van der Waals surface area contributed by atoms with Crippen molar-refractivity contribution in [1.82, 2.24) is 30.1 Å². The number of hydrogen-bond donors (Lipinski definition) is 2. The summed E-state index contributed by atoms with van der Waals surface area (Å²) < 4.78 is 5.75. The molecule has 1 aromatic carbocycles. The third kappa shape index (κ3) is 4.68. The van der Waals surface area contributed by atoms with Crippen molar-refractivity contribution < 1.29 is 4.74 Å². The highest BCUT2D eigenvalue weighted by atomic mass is 16.5. The molecule has 1 aliphatic heterocycles. The van der Waals surface area contributed by atoms with Crippen molar-refractivity contribution in [2.75, 3.05) is 18.5 Å². The molecule has 0 radical (unpaired) electrons. The van der Waals surface area contributed by atoms with E-state index in [2.05, 4.69) is 47.3 Å². The molecule has 1 saturated heterocycles. The second kappa shape index (κ2) is 8.90. The zero-order chi connectivity index (χ0) is 20.9. The highest BCUT2D eigenvalue weighted by molar-refractivity contribution is 5.79. The molecule has 2 N–H and O–H groups in total. The number of nitrogens with zero attached hydrogens (tertiary/aromatic N) is 5. The molecule has 1 fully saturated rings. The van der Waals surface area contributed by atoms with E-state index in [1.807, 2.05) is 18.2 Å². The number of anilines is 1. The van der Waals surface area contributed by atoms with Crippen LogP contribution in [0.3, 0.4) is 0 Å². The minimum absolute atomic E-state index is 0.206. The molecule has 31 heavy (non-hydrogen) atoms. The van der Waals surface area contributed by atoms with Crippen LogP contribution in [0.4, 0.5) is 5.95 Å². The molecule has 5 rings (SSSR count). The van der Waals surface area contributed by atoms with Crippen LogP contribution in [0.2, 0.25) is 0 Å². The normalized spacial score (nSPS) is 15.9. The van der Waals surface area contributed by atoms with Crippen LogP contribution in [0.1, 0.15) is 30.5 Å². The third-order valence-electron chi connectivity index (χ3n) is 5.08. The zero-order valence-electron chi connectivity index (χ0n) is 16.9. The summed E-state index contributed by atoms with van der Waals surface area (Å²) in [4.78, 5) is 17.8. The second-order valence-corrected chi connectivity index (χ2v) is 7.32. The molecule has 8 nitrogen and oxygen atoms in total. The van der Waals surface area contributed by atoms with Gasteiger partial charge in [0, 0.05) is 36.5 Å². The number of rotatable bonds is 4. The molecule has 4 heterocycles. The summed E-state index contributed by atoms with van der Waals surface area (Å²) in [5.41, 5.74) is 3.15. The molecule has 0 bridgehead atoms. The monoisotopic (exact) mass is 411 g/mol. The molecule has 1 unspecified atom stereocenters. The van der Waals surface area contributed by atoms with Crippen LogP contribution in [0.25, 0.3) is 22.4 Å². The number of aromatic amines is 1. The molecule has 1 aliphatic rings. The van der Waals surface area contributed by atoms with Crippen LogP contribution in [0.5, 0.6) is 0 Å². The lowest BCUT2D eigenvalue weighted by molar-refractivity contribution is 0.0246. The molecule has 0 saturated carbocycles. The first-order valence-electron chi connectivity index (χ1n) is 10.3. The lowest BCUT2D eigenvalue weighted by Gasteiger charge is -2.22. The number of fused-ring (bicyclic) bond motifs is 1. The van der Waals surface area contributed by atoms with Gasteiger partial charge in [0.25, 0.3) is 0 Å². The summed E-state index contributed by atoms with van der Waals surface area (Å²) in [6, 6.07) is 9.49. The predicted molar refractivity (Wildman–Crippen MR) is 117 cm³/mol. The first kappa shape index (κ1) is 19.2. The molecule has 0 spiro atoms. The molecule has 1 atom stereocenters. The van der Waals surface area contributed by atoms with Crippen LogP contribution >= 0.6 is 0 Å². The smallest absolute Gasteiger partial charge is 0.223 e. The largest absolute Gasteiger partial charge is 0.376 e. The van der Waals surface area contributed by atoms with E-state index in [1.165, 1.54) is 6.42 Å². The zero-order valence-corrected chi connectivity index (χ0v) is 16.9. The van der Waals surface area contributed by atoms with E-state index in [0.717, 1.165) is 35.9 Å². The summed E-state index contributed by atoms with van der Waals surface area (Å²) in [6.07, 6.45) is 8.78. The molecule has 4 aromatic rings. The summed E-state index contributed by atoms with van der Waals surface area (Å²) >= 11 is 0. The van der Waals surface area contributed by atoms with Gasteiger partial charge in [-0.25, -0.2) is 19.9 Å². The quantitative estimate of drug-likeness (QED) is 0.497. The van der Waals surface area contributed by atoms with Gasteiger partial charge >= 0.3 is 0 Å². The fourth-order valence-corrected chi connectivity index (χ4v) is 3.45. The molecule has 0 aliphatic carbocycles. The Balaban J connectivity index is 1.32. The fourth-order valence-electron chi connectivity index (χ4n) is 3.45. The van der Waals surface area contributed by atoms with Gasteiger partial charge in [0.15, 0.2) is 5.82 Å². The number of aromatic nitrogens is 6. The van der Waals surface area contributed by atoms with Crippen molar-refractivity contribution in [1.29, 1.82) is 0 Å². The van der Waals surface area contributed by atoms with E-state index in [9.17, 15) is 0 Å². The molecular formula is C23H21N7O. The van der Waals surface area contributed by atoms with Gasteiger partial charge < -0.3 is 10.1 Å². The minimum atomic E-state index is 0.206. The topological polar surface area (TPSA) is 102 Å². The molecule has 3 aromatic heterocycles. The van der Waals surface area contributed by atoms with Gasteiger partial charge in [0.2, 0.25) is 5.95 Å². The van der Waals surface area contributed by atoms with Crippen molar-refractivity contribution in [2.45, 2.75) is 25.4 Å². The number of ether oxygens (including phenoxy) is 1. The van der Waals surface area contributed by atoms with E-state index in [1.54, 1.807) is 30.7 Å². The molecule has 0 amide bonds. The van der Waals surface area contributed by atoms with Crippen LogP contribution in [-0.2, 0) is 4.74 Å². The maximum absolute atomic E-state index is 5.75. The standard InChI is InChI=1S/C23H21N7O/c1-2-12-31-19(3-1)15-26-23-25-11-9-21(29-23)22-24-10-8-18(28-22)6-4-16-5-7-20-17(13-16)14-27-30-20/h5,7-11,13-14,19H,1-3,12,15H2,(H,27,30)(H,25,26,29). The van der Waals surface area contributed by atoms with Gasteiger partial charge in [-0.1, -0.05) is 5.92 Å². The summed E-state index contributed by atoms with van der Waals surface area (Å²) in [5, 5.41) is 11.3. The van der Waals surface area contributed by atoms with Gasteiger partial charge in [-0.2, -0.15) is 5.10 Å². The average Bonchev–Trinajstić information content (AvgIpc) is 3.30. The van der Waals surface area contributed by atoms with E-state index in [4.69, 9.17) is 4.74 Å². The predicted octanol–water partition coefficient (Wildman–Crippen LogP) is 3.19. The maximum Gasteiger partial charge on any atom is 0.223 e. The summed E-state index contributed by atoms with van der Waals surface area (Å²) in [5.74, 6) is 7.30. The Kier molecular flexibility index (Phi) is 5.50. The number of nitrogens with one attached hydrogen (secondary N) is 2. The lowest BCUT2D eigenvalue weighted by atomic mass is 10.1. The molecule has 154 valence electrons. The van der Waals surface area contributed by atoms with Crippen LogP contribution in [0.15, 0.2) is 48.9 Å².